The fraction of sp³-hybridized carbons (Fsp3) is 0.429. The normalized spacial score (nSPS) is 14.5. The van der Waals surface area contributed by atoms with Crippen molar-refractivity contribution >= 4 is 52.4 Å². The first-order valence-corrected chi connectivity index (χ1v) is 9.56. The van der Waals surface area contributed by atoms with E-state index in [0.717, 1.165) is 23.5 Å². The van der Waals surface area contributed by atoms with Crippen LogP contribution in [0, 0.1) is 0 Å². The lowest BCUT2D eigenvalue weighted by atomic mass is 10.4. The van der Waals surface area contributed by atoms with Crippen molar-refractivity contribution in [3.8, 4) is 0 Å². The first kappa shape index (κ1) is 18.6. The maximum absolute atomic E-state index is 10.9. The van der Waals surface area contributed by atoms with Crippen molar-refractivity contribution in [2.45, 2.75) is 10.1 Å². The van der Waals surface area contributed by atoms with Crippen molar-refractivity contribution < 1.29 is 24.5 Å². The summed E-state index contributed by atoms with van der Waals surface area (Å²) in [5.74, 6) is -1.84. The average Bonchev–Trinajstić information content (AvgIpc) is 2.64. The fourth-order valence-electron chi connectivity index (χ4n) is 2.26. The summed E-state index contributed by atoms with van der Waals surface area (Å²) in [5, 5.41) is 18.7. The van der Waals surface area contributed by atoms with Gasteiger partial charge in [-0.1, -0.05) is 23.5 Å². The molecule has 3 rings (SSSR count). The lowest BCUT2D eigenvalue weighted by Gasteiger charge is -2.27. The Morgan fingerprint density at radius 1 is 1.00 bits per heavy atom. The molecular weight excluding hydrogens is 382 g/mol. The molecule has 0 radical (unpaired) electrons. The van der Waals surface area contributed by atoms with Gasteiger partial charge in [-0.3, -0.25) is 9.59 Å². The first-order valence-electron chi connectivity index (χ1n) is 7.59. The molecule has 0 amide bonds. The molecule has 0 aromatic carbocycles. The number of carbonyl (C=O) groups is 2. The lowest BCUT2D eigenvalue weighted by molar-refractivity contribution is -0.134. The molecule has 2 aromatic heterocycles. The quantitative estimate of drug-likeness (QED) is 0.500. The Hall–Kier alpha value is -2.18. The third-order valence-electron chi connectivity index (χ3n) is 3.36. The second kappa shape index (κ2) is 8.47. The minimum absolute atomic E-state index is 0.166. The number of carboxylic acid groups (broad SMARTS) is 2. The Morgan fingerprint density at radius 3 is 2.31 bits per heavy atom. The second-order valence-electron chi connectivity index (χ2n) is 5.17. The molecule has 2 aromatic rings. The molecule has 138 valence electrons. The molecule has 0 atom stereocenters. The van der Waals surface area contributed by atoms with Gasteiger partial charge in [0.2, 0.25) is 5.95 Å². The fourth-order valence-corrected chi connectivity index (χ4v) is 3.61. The maximum atomic E-state index is 10.9. The van der Waals surface area contributed by atoms with Gasteiger partial charge in [0.25, 0.3) is 0 Å². The molecule has 3 heterocycles. The zero-order valence-corrected chi connectivity index (χ0v) is 15.1. The summed E-state index contributed by atoms with van der Waals surface area (Å²) in [4.78, 5) is 41.1. The highest BCUT2D eigenvalue weighted by Gasteiger charge is 2.20. The van der Waals surface area contributed by atoms with Gasteiger partial charge >= 0.3 is 11.9 Å². The van der Waals surface area contributed by atoms with E-state index in [2.05, 4.69) is 19.9 Å². The molecule has 0 unspecified atom stereocenters. The third-order valence-corrected chi connectivity index (χ3v) is 5.28. The summed E-state index contributed by atoms with van der Waals surface area (Å²) in [6, 6.07) is 0. The Balaban J connectivity index is 2.04. The van der Waals surface area contributed by atoms with Crippen LogP contribution in [0.5, 0.6) is 0 Å². The van der Waals surface area contributed by atoms with Crippen molar-refractivity contribution in [2.75, 3.05) is 42.7 Å². The summed E-state index contributed by atoms with van der Waals surface area (Å²) in [6.45, 7) is 2.31. The van der Waals surface area contributed by atoms with Gasteiger partial charge in [-0.05, 0) is 0 Å². The SMILES string of the molecule is O=C(O)CSc1nc(N2CCOCC2)nc2c(SCC(=O)O)ncnc12. The van der Waals surface area contributed by atoms with Crippen molar-refractivity contribution in [1.82, 2.24) is 19.9 Å². The third kappa shape index (κ3) is 4.51. The smallest absolute Gasteiger partial charge is 0.313 e. The molecule has 10 nitrogen and oxygen atoms in total. The van der Waals surface area contributed by atoms with Crippen LogP contribution < -0.4 is 4.90 Å². The number of rotatable bonds is 7. The van der Waals surface area contributed by atoms with Crippen LogP contribution in [0.2, 0.25) is 0 Å². The predicted molar refractivity (Wildman–Crippen MR) is 94.9 cm³/mol. The molecule has 2 N–H and O–H groups in total. The highest BCUT2D eigenvalue weighted by Crippen LogP contribution is 2.31. The second-order valence-corrected chi connectivity index (χ2v) is 7.10. The highest BCUT2D eigenvalue weighted by atomic mass is 32.2. The zero-order chi connectivity index (χ0) is 18.5. The van der Waals surface area contributed by atoms with Crippen LogP contribution in [0.15, 0.2) is 16.4 Å². The number of thioether (sulfide) groups is 2. The van der Waals surface area contributed by atoms with E-state index < -0.39 is 11.9 Å². The molecule has 0 bridgehead atoms. The monoisotopic (exact) mass is 397 g/mol. The van der Waals surface area contributed by atoms with Crippen LogP contribution >= 0.6 is 23.5 Å². The lowest BCUT2D eigenvalue weighted by Crippen LogP contribution is -2.37. The molecule has 1 fully saturated rings. The minimum Gasteiger partial charge on any atom is -0.481 e. The number of carboxylic acids is 2. The van der Waals surface area contributed by atoms with E-state index in [4.69, 9.17) is 14.9 Å². The summed E-state index contributed by atoms with van der Waals surface area (Å²) < 4.78 is 5.33. The number of hydrogen-bond acceptors (Lipinski definition) is 10. The van der Waals surface area contributed by atoms with E-state index in [-0.39, 0.29) is 11.5 Å². The number of anilines is 1. The largest absolute Gasteiger partial charge is 0.481 e. The van der Waals surface area contributed by atoms with E-state index >= 15 is 0 Å². The standard InChI is InChI=1S/C14H15N5O5S2/c20-8(21)5-25-12-11-10(15-7-16-12)13(26-6-9(22)23)18-14(17-11)19-1-3-24-4-2-19/h7H,1-6H2,(H,20,21)(H,22,23). The maximum Gasteiger partial charge on any atom is 0.313 e. The molecular formula is C14H15N5O5S2. The molecule has 0 spiro atoms. The van der Waals surface area contributed by atoms with Crippen LogP contribution in [-0.2, 0) is 14.3 Å². The van der Waals surface area contributed by atoms with Crippen LogP contribution in [0.3, 0.4) is 0 Å². The van der Waals surface area contributed by atoms with Crippen molar-refractivity contribution in [3.05, 3.63) is 6.33 Å². The van der Waals surface area contributed by atoms with E-state index in [1.165, 1.54) is 6.33 Å². The summed E-state index contributed by atoms with van der Waals surface area (Å²) in [6.07, 6.45) is 1.30. The predicted octanol–water partition coefficient (Wildman–Crippen LogP) is 0.610. The van der Waals surface area contributed by atoms with E-state index in [9.17, 15) is 9.59 Å². The number of aliphatic carboxylic acids is 2. The van der Waals surface area contributed by atoms with Crippen molar-refractivity contribution in [1.29, 1.82) is 0 Å². The molecule has 1 aliphatic heterocycles. The van der Waals surface area contributed by atoms with Crippen LogP contribution in [0.25, 0.3) is 11.0 Å². The van der Waals surface area contributed by atoms with Gasteiger partial charge in [0, 0.05) is 13.1 Å². The molecule has 0 saturated carbocycles. The van der Waals surface area contributed by atoms with Gasteiger partial charge in [-0.25, -0.2) is 19.9 Å². The Morgan fingerprint density at radius 2 is 1.65 bits per heavy atom. The topological polar surface area (TPSA) is 139 Å². The molecule has 1 aliphatic rings. The van der Waals surface area contributed by atoms with Crippen molar-refractivity contribution in [3.63, 3.8) is 0 Å². The summed E-state index contributed by atoms with van der Waals surface area (Å²) in [7, 11) is 0. The number of hydrogen-bond donors (Lipinski definition) is 2. The van der Waals surface area contributed by atoms with Crippen molar-refractivity contribution in [2.24, 2.45) is 0 Å². The van der Waals surface area contributed by atoms with Gasteiger partial charge in [0.05, 0.1) is 24.7 Å². The van der Waals surface area contributed by atoms with E-state index in [0.29, 0.717) is 53.3 Å². The van der Waals surface area contributed by atoms with E-state index in [1.54, 1.807) is 0 Å². The number of ether oxygens (including phenoxy) is 1. The van der Waals surface area contributed by atoms with Gasteiger partial charge in [-0.2, -0.15) is 0 Å². The van der Waals surface area contributed by atoms with E-state index in [1.807, 2.05) is 4.90 Å². The van der Waals surface area contributed by atoms with Gasteiger partial charge in [0.1, 0.15) is 27.4 Å². The zero-order valence-electron chi connectivity index (χ0n) is 13.5. The molecule has 0 aliphatic carbocycles. The number of nitrogens with zero attached hydrogens (tertiary/aromatic N) is 5. The molecule has 1 saturated heterocycles. The highest BCUT2D eigenvalue weighted by molar-refractivity contribution is 8.00. The Bertz CT molecular complexity index is 831. The van der Waals surface area contributed by atoms with Gasteiger partial charge in [-0.15, -0.1) is 0 Å². The first-order chi connectivity index (χ1) is 12.5. The molecule has 26 heavy (non-hydrogen) atoms. The van der Waals surface area contributed by atoms with Gasteiger partial charge < -0.3 is 19.8 Å². The Labute approximate surface area is 156 Å². The number of fused-ring (bicyclic) bond motifs is 1. The van der Waals surface area contributed by atoms with Crippen LogP contribution in [0.1, 0.15) is 0 Å². The average molecular weight is 397 g/mol. The van der Waals surface area contributed by atoms with Crippen LogP contribution in [-0.4, -0.2) is 79.9 Å². The summed E-state index contributed by atoms with van der Waals surface area (Å²) in [5.41, 5.74) is 0.833. The minimum atomic E-state index is -0.968. The Kier molecular flexibility index (Phi) is 6.06. The number of aromatic nitrogens is 4. The molecule has 12 heteroatoms. The number of morpholine rings is 1. The van der Waals surface area contributed by atoms with Crippen LogP contribution in [0.4, 0.5) is 5.95 Å². The van der Waals surface area contributed by atoms with Gasteiger partial charge in [0.15, 0.2) is 0 Å². The summed E-state index contributed by atoms with van der Waals surface area (Å²) >= 11 is 2.08.